The number of nitrogens with one attached hydrogen (secondary N) is 2. The van der Waals surface area contributed by atoms with Crippen LogP contribution in [0.1, 0.15) is 28.9 Å². The fourth-order valence-electron chi connectivity index (χ4n) is 3.82. The van der Waals surface area contributed by atoms with E-state index in [-0.39, 0.29) is 30.6 Å². The van der Waals surface area contributed by atoms with Gasteiger partial charge in [-0.3, -0.25) is 9.78 Å². The first-order chi connectivity index (χ1) is 14.9. The molecule has 160 valence electrons. The Morgan fingerprint density at radius 3 is 2.58 bits per heavy atom. The van der Waals surface area contributed by atoms with E-state index in [1.807, 2.05) is 0 Å². The topological polar surface area (TPSA) is 79.8 Å². The smallest absolute Gasteiger partial charge is 0.254 e. The summed E-state index contributed by atoms with van der Waals surface area (Å²) in [6.45, 7) is 0.257. The van der Waals surface area contributed by atoms with Crippen molar-refractivity contribution in [3.05, 3.63) is 71.6 Å². The molecular weight excluding hydrogens is 407 g/mol. The average molecular weight is 427 g/mol. The van der Waals surface area contributed by atoms with E-state index in [1.165, 1.54) is 43.6 Å². The van der Waals surface area contributed by atoms with Gasteiger partial charge in [-0.1, -0.05) is 0 Å². The lowest BCUT2D eigenvalue weighted by atomic mass is 9.65. The number of rotatable bonds is 6. The zero-order valence-electron chi connectivity index (χ0n) is 16.7. The van der Waals surface area contributed by atoms with Crippen LogP contribution in [0, 0.1) is 11.6 Å². The minimum absolute atomic E-state index is 0.0888. The van der Waals surface area contributed by atoms with Crippen molar-refractivity contribution in [2.45, 2.75) is 24.4 Å². The Kier molecular flexibility index (Phi) is 5.58. The van der Waals surface area contributed by atoms with E-state index in [2.05, 4.69) is 25.8 Å². The summed E-state index contributed by atoms with van der Waals surface area (Å²) < 4.78 is 41.8. The molecule has 2 N–H and O–H groups in total. The number of carbonyl (C=O) groups is 1. The molecule has 0 unspecified atom stereocenters. The quantitative estimate of drug-likeness (QED) is 0.628. The number of nitrogens with zero attached hydrogens (tertiary/aromatic N) is 3. The van der Waals surface area contributed by atoms with Gasteiger partial charge in [0.2, 0.25) is 0 Å². The summed E-state index contributed by atoms with van der Waals surface area (Å²) in [5, 5.41) is 13.7. The van der Waals surface area contributed by atoms with Gasteiger partial charge >= 0.3 is 0 Å². The first-order valence-corrected chi connectivity index (χ1v) is 9.76. The number of hydrogen-bond acceptors (Lipinski definition) is 5. The van der Waals surface area contributed by atoms with Gasteiger partial charge in [0.15, 0.2) is 0 Å². The molecule has 1 amide bonds. The number of pyridine rings is 1. The molecule has 0 bridgehead atoms. The van der Waals surface area contributed by atoms with Gasteiger partial charge in [-0.2, -0.15) is 0 Å². The number of alkyl halides is 1. The van der Waals surface area contributed by atoms with Gasteiger partial charge in [0.25, 0.3) is 5.91 Å². The lowest BCUT2D eigenvalue weighted by Crippen LogP contribution is -2.49. The van der Waals surface area contributed by atoms with Crippen molar-refractivity contribution in [1.82, 2.24) is 20.5 Å². The van der Waals surface area contributed by atoms with Crippen molar-refractivity contribution in [1.29, 1.82) is 0 Å². The maximum absolute atomic E-state index is 14.2. The van der Waals surface area contributed by atoms with Crippen LogP contribution in [-0.2, 0) is 5.41 Å². The summed E-state index contributed by atoms with van der Waals surface area (Å²) in [5.41, 5.74) is 0.395. The van der Waals surface area contributed by atoms with Gasteiger partial charge in [0.1, 0.15) is 23.6 Å². The zero-order valence-corrected chi connectivity index (χ0v) is 16.7. The molecule has 1 fully saturated rings. The maximum atomic E-state index is 14.2. The molecule has 1 aromatic carbocycles. The molecule has 0 atom stereocenters. The predicted molar refractivity (Wildman–Crippen MR) is 109 cm³/mol. The molecule has 9 heteroatoms. The molecule has 4 rings (SSSR count). The number of benzene rings is 1. The largest absolute Gasteiger partial charge is 0.368 e. The SMILES string of the molecule is CNC(=O)c1cc(-c2ccc(NCC3(c4ncccc4F)CC(F)C3)nn2)ccc1F. The number of carbonyl (C=O) groups excluding carboxylic acids is 1. The summed E-state index contributed by atoms with van der Waals surface area (Å²) in [6, 6.07) is 10.3. The van der Waals surface area contributed by atoms with Gasteiger partial charge < -0.3 is 10.6 Å². The normalized spacial score (nSPS) is 20.1. The third kappa shape index (κ3) is 4.08. The van der Waals surface area contributed by atoms with E-state index in [4.69, 9.17) is 0 Å². The molecular formula is C22H20F3N5O. The van der Waals surface area contributed by atoms with Gasteiger partial charge in [0, 0.05) is 30.8 Å². The molecule has 3 aromatic rings. The zero-order chi connectivity index (χ0) is 22.0. The van der Waals surface area contributed by atoms with Crippen LogP contribution < -0.4 is 10.6 Å². The molecule has 1 aliphatic carbocycles. The van der Waals surface area contributed by atoms with Crippen molar-refractivity contribution >= 4 is 11.7 Å². The Balaban J connectivity index is 1.50. The lowest BCUT2D eigenvalue weighted by molar-refractivity contribution is 0.0956. The third-order valence-corrected chi connectivity index (χ3v) is 5.49. The highest BCUT2D eigenvalue weighted by Gasteiger charge is 2.48. The second kappa shape index (κ2) is 8.33. The van der Waals surface area contributed by atoms with Gasteiger partial charge in [-0.15, -0.1) is 10.2 Å². The van der Waals surface area contributed by atoms with Crippen molar-refractivity contribution in [3.8, 4) is 11.3 Å². The molecule has 0 aliphatic heterocycles. The predicted octanol–water partition coefficient (Wildman–Crippen LogP) is 3.66. The van der Waals surface area contributed by atoms with E-state index >= 15 is 0 Å². The van der Waals surface area contributed by atoms with Crippen LogP contribution in [0.25, 0.3) is 11.3 Å². The van der Waals surface area contributed by atoms with E-state index in [0.717, 1.165) is 0 Å². The number of anilines is 1. The van der Waals surface area contributed by atoms with Crippen LogP contribution in [0.5, 0.6) is 0 Å². The minimum Gasteiger partial charge on any atom is -0.368 e. The van der Waals surface area contributed by atoms with Gasteiger partial charge in [0.05, 0.1) is 17.0 Å². The van der Waals surface area contributed by atoms with Crippen molar-refractivity contribution in [2.24, 2.45) is 0 Å². The fraction of sp³-hybridized carbons (Fsp3) is 0.273. The maximum Gasteiger partial charge on any atom is 0.254 e. The Hall–Kier alpha value is -3.49. The molecule has 0 spiro atoms. The van der Waals surface area contributed by atoms with Crippen molar-refractivity contribution in [3.63, 3.8) is 0 Å². The van der Waals surface area contributed by atoms with E-state index in [0.29, 0.717) is 17.1 Å². The number of hydrogen-bond donors (Lipinski definition) is 2. The molecule has 6 nitrogen and oxygen atoms in total. The lowest BCUT2D eigenvalue weighted by Gasteiger charge is -2.44. The Morgan fingerprint density at radius 2 is 1.94 bits per heavy atom. The van der Waals surface area contributed by atoms with Crippen LogP contribution in [0.2, 0.25) is 0 Å². The second-order valence-corrected chi connectivity index (χ2v) is 7.55. The standard InChI is InChI=1S/C22H20F3N5O/c1-26-21(31)15-9-13(4-5-16(15)24)18-6-7-19(30-29-18)28-12-22(10-14(23)11-22)20-17(25)3-2-8-27-20/h2-9,14H,10-12H2,1H3,(H,26,31)(H,28,30). The highest BCUT2D eigenvalue weighted by atomic mass is 19.1. The Labute approximate surface area is 176 Å². The molecule has 31 heavy (non-hydrogen) atoms. The summed E-state index contributed by atoms with van der Waals surface area (Å²) in [6.07, 6.45) is 0.856. The van der Waals surface area contributed by atoms with E-state index < -0.39 is 29.1 Å². The summed E-state index contributed by atoms with van der Waals surface area (Å²) in [7, 11) is 1.42. The summed E-state index contributed by atoms with van der Waals surface area (Å²) in [5.74, 6) is -1.20. The molecule has 2 heterocycles. The summed E-state index contributed by atoms with van der Waals surface area (Å²) in [4.78, 5) is 15.9. The highest BCUT2D eigenvalue weighted by Crippen LogP contribution is 2.45. The Bertz CT molecular complexity index is 1100. The van der Waals surface area contributed by atoms with Crippen LogP contribution in [0.4, 0.5) is 19.0 Å². The van der Waals surface area contributed by atoms with E-state index in [9.17, 15) is 18.0 Å². The van der Waals surface area contributed by atoms with Crippen LogP contribution in [0.15, 0.2) is 48.7 Å². The van der Waals surface area contributed by atoms with Crippen LogP contribution in [0.3, 0.4) is 0 Å². The molecule has 1 saturated carbocycles. The molecule has 2 aromatic heterocycles. The van der Waals surface area contributed by atoms with Gasteiger partial charge in [-0.25, -0.2) is 13.2 Å². The number of halogens is 3. The fourth-order valence-corrected chi connectivity index (χ4v) is 3.82. The second-order valence-electron chi connectivity index (χ2n) is 7.55. The number of aromatic nitrogens is 3. The third-order valence-electron chi connectivity index (χ3n) is 5.49. The first kappa shape index (κ1) is 20.8. The van der Waals surface area contributed by atoms with Crippen LogP contribution in [-0.4, -0.2) is 40.9 Å². The van der Waals surface area contributed by atoms with Crippen LogP contribution >= 0.6 is 0 Å². The van der Waals surface area contributed by atoms with Crippen molar-refractivity contribution in [2.75, 3.05) is 18.9 Å². The van der Waals surface area contributed by atoms with E-state index in [1.54, 1.807) is 12.1 Å². The Morgan fingerprint density at radius 1 is 1.13 bits per heavy atom. The number of amides is 1. The average Bonchev–Trinajstić information content (AvgIpc) is 2.76. The highest BCUT2D eigenvalue weighted by molar-refractivity contribution is 5.95. The molecule has 0 saturated heterocycles. The summed E-state index contributed by atoms with van der Waals surface area (Å²) >= 11 is 0. The first-order valence-electron chi connectivity index (χ1n) is 9.76. The van der Waals surface area contributed by atoms with Crippen molar-refractivity contribution < 1.29 is 18.0 Å². The molecule has 1 aliphatic rings. The van der Waals surface area contributed by atoms with Gasteiger partial charge in [-0.05, 0) is 55.3 Å². The monoisotopic (exact) mass is 427 g/mol. The minimum atomic E-state index is -0.996. The molecule has 0 radical (unpaired) electrons.